The maximum absolute atomic E-state index is 13.4. The Labute approximate surface area is 108 Å². The molecule has 0 aliphatic rings. The molecule has 0 aliphatic carbocycles. The molecule has 0 spiro atoms. The average Bonchev–Trinajstić information content (AvgIpc) is 2.38. The Bertz CT molecular complexity index is 338. The Hall–Kier alpha value is -1.38. The van der Waals surface area contributed by atoms with E-state index in [1.807, 2.05) is 30.3 Å². The molecule has 0 aliphatic heterocycles. The van der Waals surface area contributed by atoms with Crippen molar-refractivity contribution in [1.29, 1.82) is 0 Å². The number of rotatable bonds is 8. The van der Waals surface area contributed by atoms with Gasteiger partial charge in [-0.3, -0.25) is 4.79 Å². The van der Waals surface area contributed by atoms with Crippen LogP contribution in [0.25, 0.3) is 0 Å². The largest absolute Gasteiger partial charge is 0.461 e. The Balaban J connectivity index is 2.17. The number of benzene rings is 1. The monoisotopic (exact) mass is 252 g/mol. The molecule has 1 atom stereocenters. The minimum Gasteiger partial charge on any atom is -0.461 e. The number of carbonyl (C=O) groups excluding carboxylic acids is 1. The van der Waals surface area contributed by atoms with Crippen molar-refractivity contribution in [2.24, 2.45) is 0 Å². The van der Waals surface area contributed by atoms with E-state index in [0.717, 1.165) is 24.8 Å². The minimum absolute atomic E-state index is 0.128. The third-order valence-electron chi connectivity index (χ3n) is 2.75. The SMILES string of the molecule is CCCCCC(F)CC(=O)OCc1ccccc1. The first-order valence-corrected chi connectivity index (χ1v) is 6.56. The number of hydrogen-bond acceptors (Lipinski definition) is 2. The van der Waals surface area contributed by atoms with Crippen LogP contribution in [0.5, 0.6) is 0 Å². The molecule has 1 rings (SSSR count). The molecule has 0 saturated carbocycles. The number of hydrogen-bond donors (Lipinski definition) is 0. The van der Waals surface area contributed by atoms with Gasteiger partial charge < -0.3 is 4.74 Å². The van der Waals surface area contributed by atoms with Gasteiger partial charge in [-0.05, 0) is 12.0 Å². The second kappa shape index (κ2) is 8.67. The lowest BCUT2D eigenvalue weighted by Gasteiger charge is -2.08. The zero-order valence-corrected chi connectivity index (χ0v) is 10.9. The molecule has 0 radical (unpaired) electrons. The van der Waals surface area contributed by atoms with E-state index in [4.69, 9.17) is 4.74 Å². The standard InChI is InChI=1S/C15H21FO2/c1-2-3-5-10-14(16)11-15(17)18-12-13-8-6-4-7-9-13/h4,6-9,14H,2-3,5,10-12H2,1H3. The summed E-state index contributed by atoms with van der Waals surface area (Å²) in [4.78, 5) is 11.4. The van der Waals surface area contributed by atoms with E-state index in [1.165, 1.54) is 0 Å². The third kappa shape index (κ3) is 6.38. The van der Waals surface area contributed by atoms with Crippen molar-refractivity contribution in [2.75, 3.05) is 0 Å². The molecule has 0 aromatic heterocycles. The smallest absolute Gasteiger partial charge is 0.309 e. The van der Waals surface area contributed by atoms with Gasteiger partial charge in [0.1, 0.15) is 12.8 Å². The third-order valence-corrected chi connectivity index (χ3v) is 2.75. The van der Waals surface area contributed by atoms with Crippen molar-refractivity contribution in [2.45, 2.75) is 51.8 Å². The van der Waals surface area contributed by atoms with Crippen LogP contribution in [-0.2, 0) is 16.1 Å². The zero-order valence-electron chi connectivity index (χ0n) is 10.9. The van der Waals surface area contributed by atoms with E-state index >= 15 is 0 Å². The molecule has 1 unspecified atom stereocenters. The van der Waals surface area contributed by atoms with Crippen LogP contribution < -0.4 is 0 Å². The fourth-order valence-electron chi connectivity index (χ4n) is 1.70. The highest BCUT2D eigenvalue weighted by Gasteiger charge is 2.13. The minimum atomic E-state index is -1.07. The number of ether oxygens (including phenoxy) is 1. The van der Waals surface area contributed by atoms with E-state index in [9.17, 15) is 9.18 Å². The lowest BCUT2D eigenvalue weighted by Crippen LogP contribution is -2.12. The quantitative estimate of drug-likeness (QED) is 0.515. The molecule has 0 fully saturated rings. The summed E-state index contributed by atoms with van der Waals surface area (Å²) in [5, 5.41) is 0. The van der Waals surface area contributed by atoms with Crippen LogP contribution in [0.1, 0.15) is 44.6 Å². The molecule has 0 heterocycles. The lowest BCUT2D eigenvalue weighted by molar-refractivity contribution is -0.146. The molecule has 18 heavy (non-hydrogen) atoms. The normalized spacial score (nSPS) is 12.1. The van der Waals surface area contributed by atoms with Crippen LogP contribution in [0.15, 0.2) is 30.3 Å². The summed E-state index contributed by atoms with van der Waals surface area (Å²) in [6.07, 6.45) is 2.17. The van der Waals surface area contributed by atoms with Gasteiger partial charge in [0.25, 0.3) is 0 Å². The molecule has 100 valence electrons. The van der Waals surface area contributed by atoms with E-state index in [2.05, 4.69) is 6.92 Å². The molecule has 3 heteroatoms. The van der Waals surface area contributed by atoms with Gasteiger partial charge in [0.05, 0.1) is 6.42 Å². The lowest BCUT2D eigenvalue weighted by atomic mass is 10.1. The molecule has 0 bridgehead atoms. The molecule has 1 aromatic carbocycles. The molecular weight excluding hydrogens is 231 g/mol. The van der Waals surface area contributed by atoms with Gasteiger partial charge in [-0.25, -0.2) is 4.39 Å². The van der Waals surface area contributed by atoms with Crippen molar-refractivity contribution >= 4 is 5.97 Å². The van der Waals surface area contributed by atoms with Gasteiger partial charge in [0.15, 0.2) is 0 Å². The Kier molecular flexibility index (Phi) is 7.07. The number of carbonyl (C=O) groups is 1. The number of halogens is 1. The molecule has 0 saturated heterocycles. The summed E-state index contributed by atoms with van der Waals surface area (Å²) < 4.78 is 18.4. The predicted molar refractivity (Wildman–Crippen MR) is 69.9 cm³/mol. The number of esters is 1. The molecular formula is C15H21FO2. The second-order valence-electron chi connectivity index (χ2n) is 4.44. The maximum Gasteiger partial charge on any atom is 0.309 e. The second-order valence-corrected chi connectivity index (χ2v) is 4.44. The highest BCUT2D eigenvalue weighted by Crippen LogP contribution is 2.11. The summed E-state index contributed by atoms with van der Waals surface area (Å²) in [6.45, 7) is 2.29. The van der Waals surface area contributed by atoms with Crippen molar-refractivity contribution < 1.29 is 13.9 Å². The van der Waals surface area contributed by atoms with Gasteiger partial charge in [-0.2, -0.15) is 0 Å². The number of alkyl halides is 1. The molecule has 2 nitrogen and oxygen atoms in total. The summed E-state index contributed by atoms with van der Waals surface area (Å²) in [5.74, 6) is -0.456. The van der Waals surface area contributed by atoms with Crippen LogP contribution in [0.3, 0.4) is 0 Å². The summed E-state index contributed by atoms with van der Waals surface area (Å²) in [6, 6.07) is 9.41. The topological polar surface area (TPSA) is 26.3 Å². The van der Waals surface area contributed by atoms with Crippen LogP contribution in [-0.4, -0.2) is 12.1 Å². The fraction of sp³-hybridized carbons (Fsp3) is 0.533. The zero-order chi connectivity index (χ0) is 13.2. The fourth-order valence-corrected chi connectivity index (χ4v) is 1.70. The Morgan fingerprint density at radius 2 is 2.00 bits per heavy atom. The van der Waals surface area contributed by atoms with E-state index in [0.29, 0.717) is 6.42 Å². The Morgan fingerprint density at radius 1 is 1.28 bits per heavy atom. The Morgan fingerprint density at radius 3 is 2.67 bits per heavy atom. The van der Waals surface area contributed by atoms with Crippen molar-refractivity contribution in [3.63, 3.8) is 0 Å². The first-order valence-electron chi connectivity index (χ1n) is 6.56. The van der Waals surface area contributed by atoms with E-state index in [1.54, 1.807) is 0 Å². The highest BCUT2D eigenvalue weighted by molar-refractivity contribution is 5.69. The number of unbranched alkanes of at least 4 members (excludes halogenated alkanes) is 2. The average molecular weight is 252 g/mol. The van der Waals surface area contributed by atoms with Crippen LogP contribution in [0.2, 0.25) is 0 Å². The van der Waals surface area contributed by atoms with Crippen LogP contribution >= 0.6 is 0 Å². The molecule has 0 N–H and O–H groups in total. The van der Waals surface area contributed by atoms with E-state index < -0.39 is 12.1 Å². The van der Waals surface area contributed by atoms with Gasteiger partial charge in [-0.15, -0.1) is 0 Å². The van der Waals surface area contributed by atoms with Gasteiger partial charge in [-0.1, -0.05) is 56.5 Å². The van der Waals surface area contributed by atoms with E-state index in [-0.39, 0.29) is 13.0 Å². The van der Waals surface area contributed by atoms with Crippen LogP contribution in [0.4, 0.5) is 4.39 Å². The van der Waals surface area contributed by atoms with Crippen LogP contribution in [0, 0.1) is 0 Å². The van der Waals surface area contributed by atoms with Crippen molar-refractivity contribution in [1.82, 2.24) is 0 Å². The molecule has 1 aromatic rings. The highest BCUT2D eigenvalue weighted by atomic mass is 19.1. The van der Waals surface area contributed by atoms with Crippen molar-refractivity contribution in [3.05, 3.63) is 35.9 Å². The molecule has 0 amide bonds. The summed E-state index contributed by atoms with van der Waals surface area (Å²) >= 11 is 0. The summed E-state index contributed by atoms with van der Waals surface area (Å²) in [7, 11) is 0. The van der Waals surface area contributed by atoms with Crippen molar-refractivity contribution in [3.8, 4) is 0 Å². The van der Waals surface area contributed by atoms with Gasteiger partial charge in [0, 0.05) is 0 Å². The first-order chi connectivity index (χ1) is 8.72. The van der Waals surface area contributed by atoms with Gasteiger partial charge >= 0.3 is 5.97 Å². The first kappa shape index (κ1) is 14.7. The maximum atomic E-state index is 13.4. The van der Waals surface area contributed by atoms with Gasteiger partial charge in [0.2, 0.25) is 0 Å². The summed E-state index contributed by atoms with van der Waals surface area (Å²) in [5.41, 5.74) is 0.923. The predicted octanol–water partition coefficient (Wildman–Crippen LogP) is 4.04.